The third-order valence-electron chi connectivity index (χ3n) is 2.46. The van der Waals surface area contributed by atoms with E-state index in [1.165, 1.54) is 0 Å². The fourth-order valence-electron chi connectivity index (χ4n) is 1.58. The number of allylic oxidation sites excluding steroid dienone is 1. The van der Waals surface area contributed by atoms with Gasteiger partial charge in [-0.05, 0) is 18.6 Å². The summed E-state index contributed by atoms with van der Waals surface area (Å²) >= 11 is 0. The van der Waals surface area contributed by atoms with E-state index in [1.54, 1.807) is 6.08 Å². The third kappa shape index (κ3) is 2.24. The molecule has 1 aliphatic heterocycles. The first kappa shape index (κ1) is 10.7. The lowest BCUT2D eigenvalue weighted by molar-refractivity contribution is -0.128. The van der Waals surface area contributed by atoms with Crippen LogP contribution in [-0.4, -0.2) is 18.5 Å². The van der Waals surface area contributed by atoms with Crippen LogP contribution in [-0.2, 0) is 4.79 Å². The summed E-state index contributed by atoms with van der Waals surface area (Å²) in [5.41, 5.74) is 0. The molecule has 1 aromatic carbocycles. The molecule has 3 nitrogen and oxygen atoms in total. The monoisotopic (exact) mass is 218 g/mol. The maximum Gasteiger partial charge on any atom is 0.190 e. The summed E-state index contributed by atoms with van der Waals surface area (Å²) in [4.78, 5) is 11.7. The molecule has 1 aliphatic rings. The summed E-state index contributed by atoms with van der Waals surface area (Å²) in [5.74, 6) is 1.41. The minimum absolute atomic E-state index is 0.0643. The van der Waals surface area contributed by atoms with Crippen LogP contribution in [0.3, 0.4) is 0 Å². The van der Waals surface area contributed by atoms with Crippen molar-refractivity contribution >= 4 is 5.78 Å². The predicted molar refractivity (Wildman–Crippen MR) is 60.8 cm³/mol. The van der Waals surface area contributed by atoms with Crippen LogP contribution in [0, 0.1) is 0 Å². The van der Waals surface area contributed by atoms with E-state index in [-0.39, 0.29) is 5.78 Å². The topological polar surface area (TPSA) is 35.5 Å². The van der Waals surface area contributed by atoms with Crippen LogP contribution in [0.2, 0.25) is 0 Å². The van der Waals surface area contributed by atoms with Gasteiger partial charge in [0.1, 0.15) is 6.61 Å². The molecule has 0 amide bonds. The molecule has 0 fully saturated rings. The van der Waals surface area contributed by atoms with E-state index in [4.69, 9.17) is 9.47 Å². The minimum atomic E-state index is -0.477. The lowest BCUT2D eigenvalue weighted by Crippen LogP contribution is -2.36. The molecule has 1 aromatic rings. The van der Waals surface area contributed by atoms with E-state index in [9.17, 15) is 4.79 Å². The smallest absolute Gasteiger partial charge is 0.190 e. The van der Waals surface area contributed by atoms with Gasteiger partial charge in [-0.1, -0.05) is 18.2 Å². The minimum Gasteiger partial charge on any atom is -0.485 e. The Hall–Kier alpha value is -1.77. The molecule has 0 spiro atoms. The van der Waals surface area contributed by atoms with Crippen molar-refractivity contribution in [1.82, 2.24) is 0 Å². The first-order valence-electron chi connectivity index (χ1n) is 5.33. The number of carbonyl (C=O) groups is 1. The Morgan fingerprint density at radius 3 is 2.94 bits per heavy atom. The molecule has 0 N–H and O–H groups in total. The number of hydrogen-bond donors (Lipinski definition) is 0. The Balaban J connectivity index is 2.02. The summed E-state index contributed by atoms with van der Waals surface area (Å²) in [6.45, 7) is 3.89. The van der Waals surface area contributed by atoms with Crippen molar-refractivity contribution in [3.8, 4) is 11.5 Å². The van der Waals surface area contributed by atoms with Gasteiger partial charge in [0.2, 0.25) is 0 Å². The fraction of sp³-hybridized carbons (Fsp3) is 0.308. The second-order valence-corrected chi connectivity index (χ2v) is 3.66. The highest BCUT2D eigenvalue weighted by atomic mass is 16.6. The Morgan fingerprint density at radius 1 is 1.44 bits per heavy atom. The normalized spacial score (nSPS) is 17.9. The van der Waals surface area contributed by atoms with E-state index in [0.29, 0.717) is 30.9 Å². The molecule has 1 atom stereocenters. The van der Waals surface area contributed by atoms with Gasteiger partial charge in [0.15, 0.2) is 23.4 Å². The van der Waals surface area contributed by atoms with Gasteiger partial charge < -0.3 is 9.47 Å². The molecule has 0 radical (unpaired) electrons. The van der Waals surface area contributed by atoms with Crippen LogP contribution >= 0.6 is 0 Å². The Kier molecular flexibility index (Phi) is 3.25. The Morgan fingerprint density at radius 2 is 2.19 bits per heavy atom. The van der Waals surface area contributed by atoms with Crippen molar-refractivity contribution in [2.24, 2.45) is 0 Å². The van der Waals surface area contributed by atoms with Crippen molar-refractivity contribution in [3.05, 3.63) is 36.9 Å². The first-order valence-corrected chi connectivity index (χ1v) is 5.33. The van der Waals surface area contributed by atoms with Gasteiger partial charge in [-0.25, -0.2) is 0 Å². The van der Waals surface area contributed by atoms with Gasteiger partial charge >= 0.3 is 0 Å². The molecule has 16 heavy (non-hydrogen) atoms. The molecule has 3 heteroatoms. The van der Waals surface area contributed by atoms with Crippen molar-refractivity contribution in [2.75, 3.05) is 6.61 Å². The highest BCUT2D eigenvalue weighted by Gasteiger charge is 2.26. The molecule has 0 aliphatic carbocycles. The van der Waals surface area contributed by atoms with Crippen LogP contribution in [0.5, 0.6) is 11.5 Å². The molecule has 0 aromatic heterocycles. The Labute approximate surface area is 94.7 Å². The standard InChI is InChI=1S/C13H14O3/c1-2-3-6-10(14)13-9-15-11-7-4-5-8-12(11)16-13/h2,4-5,7-8,13H,1,3,6,9H2. The maximum atomic E-state index is 11.7. The second kappa shape index (κ2) is 4.84. The van der Waals surface area contributed by atoms with Gasteiger partial charge in [-0.15, -0.1) is 6.58 Å². The summed E-state index contributed by atoms with van der Waals surface area (Å²) in [6.07, 6.45) is 2.39. The van der Waals surface area contributed by atoms with E-state index >= 15 is 0 Å². The number of ketones is 1. The van der Waals surface area contributed by atoms with Crippen molar-refractivity contribution in [2.45, 2.75) is 18.9 Å². The highest BCUT2D eigenvalue weighted by molar-refractivity contribution is 5.84. The van der Waals surface area contributed by atoms with E-state index < -0.39 is 6.10 Å². The number of rotatable bonds is 4. The van der Waals surface area contributed by atoms with Crippen molar-refractivity contribution in [1.29, 1.82) is 0 Å². The number of Topliss-reactive ketones (excluding diaryl/α,β-unsaturated/α-hetero) is 1. The average molecular weight is 218 g/mol. The molecule has 0 saturated heterocycles. The highest BCUT2D eigenvalue weighted by Crippen LogP contribution is 2.31. The van der Waals surface area contributed by atoms with Crippen LogP contribution in [0.25, 0.3) is 0 Å². The summed E-state index contributed by atoms with van der Waals surface area (Å²) in [7, 11) is 0. The Bertz CT molecular complexity index is 398. The molecule has 2 rings (SSSR count). The van der Waals surface area contributed by atoms with Crippen LogP contribution < -0.4 is 9.47 Å². The van der Waals surface area contributed by atoms with Crippen molar-refractivity contribution < 1.29 is 14.3 Å². The number of fused-ring (bicyclic) bond motifs is 1. The molecule has 0 bridgehead atoms. The van der Waals surface area contributed by atoms with Gasteiger partial charge in [0.25, 0.3) is 0 Å². The van der Waals surface area contributed by atoms with Crippen LogP contribution in [0.15, 0.2) is 36.9 Å². The number of benzene rings is 1. The van der Waals surface area contributed by atoms with E-state index in [0.717, 1.165) is 0 Å². The SMILES string of the molecule is C=CCCC(=O)C1COc2ccccc2O1. The van der Waals surface area contributed by atoms with Crippen LogP contribution in [0.4, 0.5) is 0 Å². The third-order valence-corrected chi connectivity index (χ3v) is 2.46. The zero-order valence-corrected chi connectivity index (χ0v) is 9.02. The van der Waals surface area contributed by atoms with E-state index in [1.807, 2.05) is 24.3 Å². The van der Waals surface area contributed by atoms with Gasteiger partial charge in [0, 0.05) is 6.42 Å². The molecular weight excluding hydrogens is 204 g/mol. The first-order chi connectivity index (χ1) is 7.81. The van der Waals surface area contributed by atoms with Crippen molar-refractivity contribution in [3.63, 3.8) is 0 Å². The average Bonchev–Trinajstić information content (AvgIpc) is 2.35. The number of ether oxygens (including phenoxy) is 2. The summed E-state index contributed by atoms with van der Waals surface area (Å²) in [6, 6.07) is 7.38. The lowest BCUT2D eigenvalue weighted by atomic mass is 10.1. The lowest BCUT2D eigenvalue weighted by Gasteiger charge is -2.25. The number of para-hydroxylation sites is 2. The summed E-state index contributed by atoms with van der Waals surface area (Å²) in [5, 5.41) is 0. The van der Waals surface area contributed by atoms with E-state index in [2.05, 4.69) is 6.58 Å². The number of hydrogen-bond acceptors (Lipinski definition) is 3. The number of carbonyl (C=O) groups excluding carboxylic acids is 1. The molecule has 84 valence electrons. The fourth-order valence-corrected chi connectivity index (χ4v) is 1.58. The molecule has 1 heterocycles. The largest absolute Gasteiger partial charge is 0.485 e. The molecule has 1 unspecified atom stereocenters. The second-order valence-electron chi connectivity index (χ2n) is 3.66. The van der Waals surface area contributed by atoms with Gasteiger partial charge in [-0.3, -0.25) is 4.79 Å². The van der Waals surface area contributed by atoms with Gasteiger partial charge in [-0.2, -0.15) is 0 Å². The molecule has 0 saturated carbocycles. The maximum absolute atomic E-state index is 11.7. The molecular formula is C13H14O3. The van der Waals surface area contributed by atoms with Crippen LogP contribution in [0.1, 0.15) is 12.8 Å². The quantitative estimate of drug-likeness (QED) is 0.728. The summed E-state index contributed by atoms with van der Waals surface area (Å²) < 4.78 is 11.0. The predicted octanol–water partition coefficient (Wildman–Crippen LogP) is 2.36. The van der Waals surface area contributed by atoms with Gasteiger partial charge in [0.05, 0.1) is 0 Å². The zero-order valence-electron chi connectivity index (χ0n) is 9.02. The zero-order chi connectivity index (χ0) is 11.4.